The van der Waals surface area contributed by atoms with E-state index in [0.717, 1.165) is 31.1 Å². The molecule has 1 aliphatic rings. The number of aliphatic imine (C=N–C) groups is 1. The van der Waals surface area contributed by atoms with Crippen molar-refractivity contribution in [2.75, 3.05) is 13.1 Å². The first kappa shape index (κ1) is 12.5. The van der Waals surface area contributed by atoms with Crippen LogP contribution in [0.4, 0.5) is 0 Å². The van der Waals surface area contributed by atoms with Crippen molar-refractivity contribution in [3.63, 3.8) is 0 Å². The SMILES string of the molecule is CC1(C)CN=C(NCCCc2ccccc2)S1. The van der Waals surface area contributed by atoms with E-state index in [4.69, 9.17) is 0 Å². The molecular formula is C14H20N2S. The molecule has 0 fully saturated rings. The summed E-state index contributed by atoms with van der Waals surface area (Å²) < 4.78 is 0.280. The van der Waals surface area contributed by atoms with Gasteiger partial charge in [0, 0.05) is 11.3 Å². The molecule has 0 unspecified atom stereocenters. The molecule has 0 saturated heterocycles. The Morgan fingerprint density at radius 1 is 1.29 bits per heavy atom. The summed E-state index contributed by atoms with van der Waals surface area (Å²) in [6, 6.07) is 10.6. The van der Waals surface area contributed by atoms with Crippen LogP contribution in [0.5, 0.6) is 0 Å². The third-order valence-corrected chi connectivity index (χ3v) is 3.89. The van der Waals surface area contributed by atoms with E-state index in [-0.39, 0.29) is 4.75 Å². The highest BCUT2D eigenvalue weighted by atomic mass is 32.2. The van der Waals surface area contributed by atoms with Gasteiger partial charge in [0.1, 0.15) is 0 Å². The molecule has 2 rings (SSSR count). The summed E-state index contributed by atoms with van der Waals surface area (Å²) in [7, 11) is 0. The first-order valence-electron chi connectivity index (χ1n) is 6.17. The van der Waals surface area contributed by atoms with E-state index in [9.17, 15) is 0 Å². The monoisotopic (exact) mass is 248 g/mol. The van der Waals surface area contributed by atoms with E-state index in [1.165, 1.54) is 5.56 Å². The third kappa shape index (κ3) is 4.08. The number of aryl methyl sites for hydroxylation is 1. The highest BCUT2D eigenvalue weighted by Gasteiger charge is 2.26. The average molecular weight is 248 g/mol. The van der Waals surface area contributed by atoms with Crippen molar-refractivity contribution < 1.29 is 0 Å². The third-order valence-electron chi connectivity index (χ3n) is 2.74. The Bertz CT molecular complexity index is 384. The van der Waals surface area contributed by atoms with Crippen molar-refractivity contribution in [3.05, 3.63) is 35.9 Å². The Morgan fingerprint density at radius 3 is 2.71 bits per heavy atom. The average Bonchev–Trinajstić information content (AvgIpc) is 2.66. The molecule has 0 radical (unpaired) electrons. The minimum Gasteiger partial charge on any atom is -0.365 e. The second kappa shape index (κ2) is 5.58. The molecule has 92 valence electrons. The van der Waals surface area contributed by atoms with Gasteiger partial charge in [0.2, 0.25) is 0 Å². The fourth-order valence-corrected chi connectivity index (χ4v) is 2.77. The first-order chi connectivity index (χ1) is 8.16. The molecule has 0 spiro atoms. The van der Waals surface area contributed by atoms with E-state index in [1.54, 1.807) is 0 Å². The molecule has 0 amide bonds. The summed E-state index contributed by atoms with van der Waals surface area (Å²) in [5, 5.41) is 4.53. The van der Waals surface area contributed by atoms with Crippen molar-refractivity contribution in [2.24, 2.45) is 4.99 Å². The van der Waals surface area contributed by atoms with Crippen LogP contribution in [0.1, 0.15) is 25.8 Å². The normalized spacial score (nSPS) is 17.9. The zero-order chi connectivity index (χ0) is 12.1. The lowest BCUT2D eigenvalue weighted by molar-refractivity contribution is 0.738. The Balaban J connectivity index is 1.65. The summed E-state index contributed by atoms with van der Waals surface area (Å²) in [5.74, 6) is 0. The van der Waals surface area contributed by atoms with Crippen molar-refractivity contribution in [3.8, 4) is 0 Å². The van der Waals surface area contributed by atoms with Crippen LogP contribution in [0.2, 0.25) is 0 Å². The van der Waals surface area contributed by atoms with Crippen molar-refractivity contribution in [1.82, 2.24) is 5.32 Å². The standard InChI is InChI=1S/C14H20N2S/c1-14(2)11-16-13(17-14)15-10-6-9-12-7-4-3-5-8-12/h3-5,7-8H,6,9-11H2,1-2H3,(H,15,16). The van der Waals surface area contributed by atoms with Gasteiger partial charge in [-0.05, 0) is 32.3 Å². The van der Waals surface area contributed by atoms with Gasteiger partial charge in [-0.3, -0.25) is 4.99 Å². The maximum Gasteiger partial charge on any atom is 0.157 e. The van der Waals surface area contributed by atoms with Gasteiger partial charge in [0.15, 0.2) is 5.17 Å². The molecule has 1 aliphatic heterocycles. The van der Waals surface area contributed by atoms with Gasteiger partial charge in [-0.25, -0.2) is 0 Å². The van der Waals surface area contributed by atoms with E-state index in [0.29, 0.717) is 0 Å². The minimum atomic E-state index is 0.280. The maximum atomic E-state index is 4.50. The van der Waals surface area contributed by atoms with Gasteiger partial charge < -0.3 is 5.32 Å². The second-order valence-corrected chi connectivity index (χ2v) is 6.70. The lowest BCUT2D eigenvalue weighted by atomic mass is 10.1. The van der Waals surface area contributed by atoms with Crippen LogP contribution in [0.15, 0.2) is 35.3 Å². The summed E-state index contributed by atoms with van der Waals surface area (Å²) >= 11 is 1.85. The van der Waals surface area contributed by atoms with Crippen molar-refractivity contribution >= 4 is 16.9 Å². The lowest BCUT2D eigenvalue weighted by Crippen LogP contribution is -2.23. The summed E-state index contributed by atoms with van der Waals surface area (Å²) in [6.45, 7) is 6.41. The number of rotatable bonds is 4. The van der Waals surface area contributed by atoms with Crippen LogP contribution in [0.3, 0.4) is 0 Å². The molecule has 17 heavy (non-hydrogen) atoms. The number of amidine groups is 1. The van der Waals surface area contributed by atoms with E-state index in [2.05, 4.69) is 54.5 Å². The van der Waals surface area contributed by atoms with Crippen molar-refractivity contribution in [2.45, 2.75) is 31.4 Å². The van der Waals surface area contributed by atoms with Gasteiger partial charge in [-0.15, -0.1) is 0 Å². The zero-order valence-corrected chi connectivity index (χ0v) is 11.4. The van der Waals surface area contributed by atoms with Crippen LogP contribution < -0.4 is 5.32 Å². The van der Waals surface area contributed by atoms with Gasteiger partial charge in [0.05, 0.1) is 6.54 Å². The molecule has 1 heterocycles. The Kier molecular flexibility index (Phi) is 4.11. The Morgan fingerprint density at radius 2 is 2.06 bits per heavy atom. The highest BCUT2D eigenvalue weighted by Crippen LogP contribution is 2.30. The molecule has 1 N–H and O–H groups in total. The topological polar surface area (TPSA) is 24.4 Å². The van der Waals surface area contributed by atoms with Gasteiger partial charge in [-0.2, -0.15) is 0 Å². The molecule has 1 aromatic rings. The molecule has 0 aromatic heterocycles. The van der Waals surface area contributed by atoms with Crippen molar-refractivity contribution in [1.29, 1.82) is 0 Å². The van der Waals surface area contributed by atoms with Gasteiger partial charge in [0.25, 0.3) is 0 Å². The summed E-state index contributed by atoms with van der Waals surface area (Å²) in [6.07, 6.45) is 2.29. The summed E-state index contributed by atoms with van der Waals surface area (Å²) in [4.78, 5) is 4.50. The highest BCUT2D eigenvalue weighted by molar-refractivity contribution is 8.15. The molecule has 0 atom stereocenters. The van der Waals surface area contributed by atoms with E-state index < -0.39 is 0 Å². The lowest BCUT2D eigenvalue weighted by Gasteiger charge is -2.14. The number of nitrogens with one attached hydrogen (secondary N) is 1. The van der Waals surface area contributed by atoms with E-state index in [1.807, 2.05) is 11.8 Å². The first-order valence-corrected chi connectivity index (χ1v) is 6.99. The Labute approximate surface area is 108 Å². The molecule has 0 saturated carbocycles. The summed E-state index contributed by atoms with van der Waals surface area (Å²) in [5.41, 5.74) is 1.41. The zero-order valence-electron chi connectivity index (χ0n) is 10.6. The molecule has 0 aliphatic carbocycles. The molecule has 1 aromatic carbocycles. The molecule has 0 bridgehead atoms. The smallest absolute Gasteiger partial charge is 0.157 e. The maximum absolute atomic E-state index is 4.50. The predicted molar refractivity (Wildman–Crippen MR) is 76.7 cm³/mol. The molecule has 2 nitrogen and oxygen atoms in total. The molecule has 3 heteroatoms. The van der Waals surface area contributed by atoms with Crippen LogP contribution in [0.25, 0.3) is 0 Å². The number of hydrogen-bond donors (Lipinski definition) is 1. The van der Waals surface area contributed by atoms with Crippen LogP contribution in [0, 0.1) is 0 Å². The fraction of sp³-hybridized carbons (Fsp3) is 0.500. The van der Waals surface area contributed by atoms with Crippen LogP contribution in [-0.2, 0) is 6.42 Å². The van der Waals surface area contributed by atoms with Crippen LogP contribution in [-0.4, -0.2) is 23.0 Å². The Hall–Kier alpha value is -0.960. The number of hydrogen-bond acceptors (Lipinski definition) is 3. The van der Waals surface area contributed by atoms with Gasteiger partial charge in [-0.1, -0.05) is 42.1 Å². The van der Waals surface area contributed by atoms with Gasteiger partial charge >= 0.3 is 0 Å². The number of nitrogens with zero attached hydrogens (tertiary/aromatic N) is 1. The minimum absolute atomic E-state index is 0.280. The predicted octanol–water partition coefficient (Wildman–Crippen LogP) is 3.09. The van der Waals surface area contributed by atoms with E-state index >= 15 is 0 Å². The van der Waals surface area contributed by atoms with Crippen LogP contribution >= 0.6 is 11.8 Å². The number of thioether (sulfide) groups is 1. The quantitative estimate of drug-likeness (QED) is 0.828. The largest absolute Gasteiger partial charge is 0.365 e. The number of benzene rings is 1. The molecular weight excluding hydrogens is 228 g/mol. The fourth-order valence-electron chi connectivity index (χ4n) is 1.81. The second-order valence-electron chi connectivity index (χ2n) is 5.00.